The largest absolute Gasteiger partial charge is 0.462 e. The van der Waals surface area contributed by atoms with Crippen LogP contribution in [-0.4, -0.2) is 38.4 Å². The molecule has 1 aromatic carbocycles. The van der Waals surface area contributed by atoms with Gasteiger partial charge in [0.2, 0.25) is 0 Å². The molecule has 6 heteroatoms. The molecule has 4 fully saturated rings. The van der Waals surface area contributed by atoms with Crippen molar-refractivity contribution in [3.63, 3.8) is 0 Å². The van der Waals surface area contributed by atoms with Crippen molar-refractivity contribution >= 4 is 11.7 Å². The molecular weight excluding hydrogens is 383 g/mol. The standard InChI is InChI=1S/C24H33FN2O3/c25-15-18(16-26)17-27-20-3-1-19(2-4-20)23-7-10-24(11-8-23,12-9-23)22(28)30-21-5-13-29-14-6-21/h1-4,15,21,27H,5-14,16-17,26H2/b18-15+. The predicted molar refractivity (Wildman–Crippen MR) is 115 cm³/mol. The number of ether oxygens (including phenoxy) is 2. The lowest BCUT2D eigenvalue weighted by Crippen LogP contribution is -2.49. The van der Waals surface area contributed by atoms with E-state index < -0.39 is 0 Å². The van der Waals surface area contributed by atoms with Crippen LogP contribution in [0.5, 0.6) is 0 Å². The van der Waals surface area contributed by atoms with Crippen LogP contribution in [0.25, 0.3) is 0 Å². The van der Waals surface area contributed by atoms with Crippen LogP contribution in [0.4, 0.5) is 10.1 Å². The molecule has 4 aliphatic rings. The first-order chi connectivity index (χ1) is 14.6. The summed E-state index contributed by atoms with van der Waals surface area (Å²) >= 11 is 0. The van der Waals surface area contributed by atoms with Crippen molar-refractivity contribution < 1.29 is 18.7 Å². The zero-order chi connectivity index (χ0) is 21.0. The molecule has 3 N–H and O–H groups in total. The first-order valence-electron chi connectivity index (χ1n) is 11.2. The van der Waals surface area contributed by atoms with Gasteiger partial charge < -0.3 is 20.5 Å². The van der Waals surface area contributed by atoms with E-state index in [4.69, 9.17) is 15.2 Å². The molecule has 3 saturated carbocycles. The van der Waals surface area contributed by atoms with Gasteiger partial charge in [-0.15, -0.1) is 0 Å². The second-order valence-corrected chi connectivity index (χ2v) is 9.18. The normalized spacial score (nSPS) is 29.6. The third-order valence-corrected chi connectivity index (χ3v) is 7.55. The molecule has 0 atom stereocenters. The Labute approximate surface area is 178 Å². The van der Waals surface area contributed by atoms with Crippen molar-refractivity contribution in [1.29, 1.82) is 0 Å². The maximum absolute atomic E-state index is 13.0. The maximum Gasteiger partial charge on any atom is 0.312 e. The molecule has 0 aromatic heterocycles. The predicted octanol–water partition coefficient (Wildman–Crippen LogP) is 4.22. The number of carbonyl (C=O) groups excluding carboxylic acids is 1. The van der Waals surface area contributed by atoms with Crippen LogP contribution in [0.1, 0.15) is 56.9 Å². The van der Waals surface area contributed by atoms with Crippen molar-refractivity contribution in [3.05, 3.63) is 41.7 Å². The summed E-state index contributed by atoms with van der Waals surface area (Å²) in [4.78, 5) is 13.0. The smallest absolute Gasteiger partial charge is 0.312 e. The third kappa shape index (κ3) is 4.26. The van der Waals surface area contributed by atoms with E-state index in [0.29, 0.717) is 31.7 Å². The zero-order valence-corrected chi connectivity index (χ0v) is 17.6. The molecule has 0 spiro atoms. The van der Waals surface area contributed by atoms with Gasteiger partial charge in [-0.05, 0) is 67.2 Å². The highest BCUT2D eigenvalue weighted by Crippen LogP contribution is 2.58. The fourth-order valence-electron chi connectivity index (χ4n) is 5.31. The van der Waals surface area contributed by atoms with Crippen molar-refractivity contribution in [2.75, 3.05) is 31.6 Å². The summed E-state index contributed by atoms with van der Waals surface area (Å²) < 4.78 is 23.9. The number of nitrogens with one attached hydrogen (secondary N) is 1. The number of rotatable bonds is 7. The lowest BCUT2D eigenvalue weighted by Gasteiger charge is -2.52. The van der Waals surface area contributed by atoms with Gasteiger partial charge in [0, 0.05) is 31.6 Å². The van der Waals surface area contributed by atoms with Crippen molar-refractivity contribution in [1.82, 2.24) is 0 Å². The van der Waals surface area contributed by atoms with E-state index in [1.54, 1.807) is 0 Å². The number of halogens is 1. The van der Waals surface area contributed by atoms with Crippen LogP contribution in [0.15, 0.2) is 36.2 Å². The quantitative estimate of drug-likeness (QED) is 0.651. The molecule has 0 radical (unpaired) electrons. The lowest BCUT2D eigenvalue weighted by molar-refractivity contribution is -0.173. The van der Waals surface area contributed by atoms with E-state index in [0.717, 1.165) is 57.1 Å². The third-order valence-electron chi connectivity index (χ3n) is 7.55. The molecule has 5 rings (SSSR count). The molecular formula is C24H33FN2O3. The molecule has 164 valence electrons. The van der Waals surface area contributed by atoms with Gasteiger partial charge in [0.05, 0.1) is 25.0 Å². The Morgan fingerprint density at radius 3 is 2.33 bits per heavy atom. The molecule has 3 aliphatic carbocycles. The van der Waals surface area contributed by atoms with Gasteiger partial charge in [-0.25, -0.2) is 4.39 Å². The Morgan fingerprint density at radius 2 is 1.77 bits per heavy atom. The topological polar surface area (TPSA) is 73.6 Å². The van der Waals surface area contributed by atoms with Gasteiger partial charge in [-0.2, -0.15) is 0 Å². The number of hydrogen-bond donors (Lipinski definition) is 2. The van der Waals surface area contributed by atoms with Gasteiger partial charge in [0.25, 0.3) is 0 Å². The first kappa shape index (κ1) is 21.3. The first-order valence-corrected chi connectivity index (χ1v) is 11.2. The van der Waals surface area contributed by atoms with Crippen molar-refractivity contribution in [3.8, 4) is 0 Å². The number of anilines is 1. The van der Waals surface area contributed by atoms with E-state index in [-0.39, 0.29) is 29.4 Å². The number of fused-ring (bicyclic) bond motifs is 3. The summed E-state index contributed by atoms with van der Waals surface area (Å²) in [5.41, 5.74) is 8.25. The average Bonchev–Trinajstić information content (AvgIpc) is 2.82. The highest BCUT2D eigenvalue weighted by Gasteiger charge is 2.54. The molecule has 2 bridgehead atoms. The zero-order valence-electron chi connectivity index (χ0n) is 17.6. The van der Waals surface area contributed by atoms with E-state index in [1.807, 2.05) is 0 Å². The SMILES string of the molecule is NC/C(=C\F)CNc1ccc(C23CCC(C(=O)OC4CCOCC4)(CC2)CC3)cc1. The van der Waals surface area contributed by atoms with E-state index in [2.05, 4.69) is 29.6 Å². The van der Waals surface area contributed by atoms with E-state index >= 15 is 0 Å². The van der Waals surface area contributed by atoms with Gasteiger partial charge >= 0.3 is 5.97 Å². The molecule has 0 unspecified atom stereocenters. The fraction of sp³-hybridized carbons (Fsp3) is 0.625. The molecule has 30 heavy (non-hydrogen) atoms. The molecule has 0 amide bonds. The van der Waals surface area contributed by atoms with Crippen LogP contribution >= 0.6 is 0 Å². The fourth-order valence-corrected chi connectivity index (χ4v) is 5.31. The average molecular weight is 417 g/mol. The Hall–Kier alpha value is -1.92. The highest BCUT2D eigenvalue weighted by molar-refractivity contribution is 5.77. The summed E-state index contributed by atoms with van der Waals surface area (Å²) in [7, 11) is 0. The summed E-state index contributed by atoms with van der Waals surface area (Å²) in [5.74, 6) is 0.0267. The minimum absolute atomic E-state index is 0.0267. The maximum atomic E-state index is 13.0. The summed E-state index contributed by atoms with van der Waals surface area (Å²) in [5, 5.41) is 3.22. The van der Waals surface area contributed by atoms with Crippen LogP contribution in [-0.2, 0) is 19.7 Å². The summed E-state index contributed by atoms with van der Waals surface area (Å²) in [6.45, 7) is 2.01. The number of nitrogens with two attached hydrogens (primary N) is 1. The number of esters is 1. The summed E-state index contributed by atoms with van der Waals surface area (Å²) in [6.07, 6.45) is 8.08. The van der Waals surface area contributed by atoms with Crippen LogP contribution in [0, 0.1) is 5.41 Å². The molecule has 1 heterocycles. The number of hydrogen-bond acceptors (Lipinski definition) is 5. The monoisotopic (exact) mass is 416 g/mol. The Bertz CT molecular complexity index is 747. The Balaban J connectivity index is 1.36. The lowest BCUT2D eigenvalue weighted by atomic mass is 9.52. The Morgan fingerprint density at radius 1 is 1.13 bits per heavy atom. The van der Waals surface area contributed by atoms with Crippen LogP contribution < -0.4 is 11.1 Å². The van der Waals surface area contributed by atoms with Gasteiger partial charge in [-0.1, -0.05) is 12.1 Å². The second kappa shape index (κ2) is 9.06. The van der Waals surface area contributed by atoms with Gasteiger partial charge in [0.1, 0.15) is 6.10 Å². The molecule has 1 aliphatic heterocycles. The molecule has 5 nitrogen and oxygen atoms in total. The minimum atomic E-state index is -0.279. The van der Waals surface area contributed by atoms with E-state index in [1.165, 1.54) is 5.56 Å². The van der Waals surface area contributed by atoms with Crippen molar-refractivity contribution in [2.24, 2.45) is 11.1 Å². The summed E-state index contributed by atoms with van der Waals surface area (Å²) in [6, 6.07) is 8.49. The van der Waals surface area contributed by atoms with Crippen molar-refractivity contribution in [2.45, 2.75) is 62.9 Å². The van der Waals surface area contributed by atoms with Gasteiger partial charge in [0.15, 0.2) is 0 Å². The van der Waals surface area contributed by atoms with Gasteiger partial charge in [-0.3, -0.25) is 4.79 Å². The van der Waals surface area contributed by atoms with Crippen LogP contribution in [0.3, 0.4) is 0 Å². The van der Waals surface area contributed by atoms with E-state index in [9.17, 15) is 9.18 Å². The second-order valence-electron chi connectivity index (χ2n) is 9.18. The highest BCUT2D eigenvalue weighted by atomic mass is 19.1. The number of carbonyl (C=O) groups is 1. The minimum Gasteiger partial charge on any atom is -0.462 e. The molecule has 1 aromatic rings. The molecule has 1 saturated heterocycles. The Kier molecular flexibility index (Phi) is 6.44. The number of benzene rings is 1. The van der Waals surface area contributed by atoms with Crippen LogP contribution in [0.2, 0.25) is 0 Å².